The van der Waals surface area contributed by atoms with Gasteiger partial charge in [-0.05, 0) is 99.2 Å². The molecule has 0 saturated carbocycles. The maximum Gasteiger partial charge on any atom is 0.243 e. The molecule has 2 aromatic carbocycles. The molecule has 2 heterocycles. The van der Waals surface area contributed by atoms with Gasteiger partial charge in [-0.3, -0.25) is 91.7 Å². The number of primary amides is 4. The van der Waals surface area contributed by atoms with E-state index in [0.717, 1.165) is 0 Å². The number of benzene rings is 2. The standard InChI is InChI=1S/C75H114N22O18/c1-37(2)28-50(63(79)104)93-71(112)52(30-39(5)6)95-72(113)53(31-42-16-11-10-12-17-42)88-61(103)36-85-74(115)62(40(7)8)97-64(105)41(9)86-70(111)54(32-43-34-83-45-19-14-13-18-44(43)45)96-69(110)49(22-25-57(77)99)92-73(114)55(33-58(78)100)89-60(102)35-84-65(106)51(29-38(3)4)94-66(107)46(20-15-27-82-75(80)81)90-68(109)48(21-24-56(76)98)91-67(108)47-23-26-59(101)87-47/h10-14,16-19,34,37-41,46-55,62,83H,15,20-33,35-36H2,1-9H3,(H2,76,98)(H2,77,99)(H2,78,100)(H2,79,104)(H,84,106)(H,85,115)(H,86,111)(H,87,101)(H,88,103)(H,89,102)(H,90,109)(H,91,108)(H,92,114)(H,93,112)(H,94,107)(H,95,113)(H,96,110)(H,97,105)(H4,80,81,82)/t41-,46-,47-,48-,49-,50-,51-,52-,53+,54-,55-,62-/m0/s1. The molecule has 3 aromatic rings. The smallest absolute Gasteiger partial charge is 0.243 e. The van der Waals surface area contributed by atoms with E-state index in [0.29, 0.717) is 22.0 Å². The van der Waals surface area contributed by atoms with E-state index in [1.165, 1.54) is 6.92 Å². The average Bonchev–Trinajstić information content (AvgIpc) is 1.68. The maximum atomic E-state index is 14.6. The van der Waals surface area contributed by atoms with E-state index in [1.807, 2.05) is 27.7 Å². The lowest BCUT2D eigenvalue weighted by Gasteiger charge is -2.27. The molecule has 40 nitrogen and oxygen atoms in total. The van der Waals surface area contributed by atoms with E-state index in [-0.39, 0.29) is 94.9 Å². The summed E-state index contributed by atoms with van der Waals surface area (Å²) in [5.74, 6) is -17.7. The van der Waals surface area contributed by atoms with Crippen LogP contribution in [0.4, 0.5) is 0 Å². The topological polar surface area (TPSA) is 657 Å². The highest BCUT2D eigenvalue weighted by Gasteiger charge is 2.38. The lowest BCUT2D eigenvalue weighted by Crippen LogP contribution is -2.60. The first-order valence-electron chi connectivity index (χ1n) is 38.1. The summed E-state index contributed by atoms with van der Waals surface area (Å²) in [7, 11) is 0. The van der Waals surface area contributed by atoms with E-state index in [4.69, 9.17) is 34.1 Å². The van der Waals surface area contributed by atoms with E-state index in [1.54, 1.807) is 88.5 Å². The molecule has 115 heavy (non-hydrogen) atoms. The average molecular weight is 1610 g/mol. The molecule has 1 saturated heterocycles. The first kappa shape index (κ1) is 95.1. The predicted octanol–water partition coefficient (Wildman–Crippen LogP) is -5.23. The Kier molecular flexibility index (Phi) is 39.1. The van der Waals surface area contributed by atoms with E-state index in [9.17, 15) is 86.3 Å². The van der Waals surface area contributed by atoms with Gasteiger partial charge in [0.25, 0.3) is 0 Å². The van der Waals surface area contributed by atoms with Crippen LogP contribution in [0, 0.1) is 29.1 Å². The Hall–Kier alpha value is -12.3. The quantitative estimate of drug-likeness (QED) is 0.0143. The Labute approximate surface area is 665 Å². The van der Waals surface area contributed by atoms with Gasteiger partial charge < -0.3 is 113 Å². The van der Waals surface area contributed by atoms with E-state index in [2.05, 4.69) is 84.7 Å². The molecule has 1 aromatic heterocycles. The minimum atomic E-state index is -1.89. The second-order valence-corrected chi connectivity index (χ2v) is 29.9. The Morgan fingerprint density at radius 2 is 0.904 bits per heavy atom. The summed E-state index contributed by atoms with van der Waals surface area (Å²) in [4.78, 5) is 246. The van der Waals surface area contributed by atoms with Gasteiger partial charge in [0.1, 0.15) is 72.5 Å². The van der Waals surface area contributed by atoms with Gasteiger partial charge >= 0.3 is 0 Å². The summed E-state index contributed by atoms with van der Waals surface area (Å²) < 4.78 is 0. The van der Waals surface area contributed by atoms with Crippen molar-refractivity contribution < 1.29 is 86.3 Å². The molecule has 4 rings (SSSR count). The number of fused-ring (bicyclic) bond motifs is 1. The number of H-pyrrole nitrogens is 1. The Bertz CT molecular complexity index is 3960. The highest BCUT2D eigenvalue weighted by molar-refractivity contribution is 6.01. The summed E-state index contributed by atoms with van der Waals surface area (Å²) in [5, 5.41) is 45.9. The molecule has 632 valence electrons. The summed E-state index contributed by atoms with van der Waals surface area (Å²) >= 11 is 0. The predicted molar refractivity (Wildman–Crippen MR) is 418 cm³/mol. The number of hydrogen-bond acceptors (Lipinski definition) is 19. The minimum absolute atomic E-state index is 0.0166. The first-order chi connectivity index (χ1) is 54.1. The third-order valence-electron chi connectivity index (χ3n) is 18.2. The second-order valence-electron chi connectivity index (χ2n) is 29.9. The van der Waals surface area contributed by atoms with Gasteiger partial charge in [0.05, 0.1) is 19.5 Å². The van der Waals surface area contributed by atoms with Gasteiger partial charge in [0.15, 0.2) is 5.96 Å². The number of rotatable bonds is 50. The van der Waals surface area contributed by atoms with Crippen molar-refractivity contribution in [2.75, 3.05) is 19.6 Å². The fourth-order valence-corrected chi connectivity index (χ4v) is 12.2. The molecule has 1 aliphatic heterocycles. The fourth-order valence-electron chi connectivity index (χ4n) is 12.2. The minimum Gasteiger partial charge on any atom is -0.370 e. The Morgan fingerprint density at radius 3 is 1.43 bits per heavy atom. The van der Waals surface area contributed by atoms with E-state index < -0.39 is 223 Å². The number of nitrogens with one attached hydrogen (secondary N) is 17. The second kappa shape index (κ2) is 47.3. The summed E-state index contributed by atoms with van der Waals surface area (Å²) in [6.45, 7) is 13.6. The van der Waals surface area contributed by atoms with Gasteiger partial charge in [-0.15, -0.1) is 0 Å². The van der Waals surface area contributed by atoms with Crippen molar-refractivity contribution in [3.63, 3.8) is 0 Å². The number of nitrogens with two attached hydrogens (primary N) is 5. The monoisotopic (exact) mass is 1610 g/mol. The molecular formula is C75H114N22O18. The van der Waals surface area contributed by atoms with Crippen LogP contribution in [-0.2, 0) is 99.1 Å². The molecule has 12 atom stereocenters. The van der Waals surface area contributed by atoms with Gasteiger partial charge in [0.2, 0.25) is 106 Å². The summed E-state index contributed by atoms with van der Waals surface area (Å²) in [5.41, 5.74) is 29.2. The van der Waals surface area contributed by atoms with Crippen molar-refractivity contribution in [3.8, 4) is 0 Å². The molecule has 0 radical (unpaired) electrons. The largest absolute Gasteiger partial charge is 0.370 e. The molecule has 0 bridgehead atoms. The number of aromatic amines is 1. The number of carbonyl (C=O) groups is 18. The van der Waals surface area contributed by atoms with Crippen molar-refractivity contribution >= 4 is 123 Å². The van der Waals surface area contributed by atoms with Gasteiger partial charge in [0, 0.05) is 55.7 Å². The molecule has 0 unspecified atom stereocenters. The van der Waals surface area contributed by atoms with Crippen LogP contribution in [0.15, 0.2) is 60.8 Å². The number of carbonyl (C=O) groups excluding carboxylic acids is 18. The lowest BCUT2D eigenvalue weighted by molar-refractivity contribution is -0.136. The van der Waals surface area contributed by atoms with Gasteiger partial charge in [-0.1, -0.05) is 104 Å². The number of amides is 18. The van der Waals surface area contributed by atoms with Gasteiger partial charge in [-0.25, -0.2) is 0 Å². The number of hydrogen-bond donors (Lipinski definition) is 22. The highest BCUT2D eigenvalue weighted by atomic mass is 16.2. The highest BCUT2D eigenvalue weighted by Crippen LogP contribution is 2.21. The van der Waals surface area contributed by atoms with Crippen LogP contribution in [0.25, 0.3) is 10.9 Å². The molecule has 0 aliphatic carbocycles. The number of aromatic nitrogens is 1. The van der Waals surface area contributed by atoms with E-state index >= 15 is 0 Å². The molecule has 27 N–H and O–H groups in total. The van der Waals surface area contributed by atoms with Crippen molar-refractivity contribution in [1.29, 1.82) is 5.41 Å². The molecule has 40 heteroatoms. The van der Waals surface area contributed by atoms with Crippen LogP contribution in [0.5, 0.6) is 0 Å². The van der Waals surface area contributed by atoms with Gasteiger partial charge in [-0.2, -0.15) is 0 Å². The normalized spacial score (nSPS) is 15.3. The molecule has 1 aliphatic rings. The van der Waals surface area contributed by atoms with Crippen LogP contribution < -0.4 is 108 Å². The molecule has 1 fully saturated rings. The van der Waals surface area contributed by atoms with Crippen LogP contribution >= 0.6 is 0 Å². The zero-order chi connectivity index (χ0) is 85.9. The molecular weight excluding hydrogens is 1500 g/mol. The Morgan fingerprint density at radius 1 is 0.452 bits per heavy atom. The third kappa shape index (κ3) is 34.3. The molecule has 18 amide bonds. The number of para-hydroxylation sites is 1. The lowest BCUT2D eigenvalue weighted by atomic mass is 9.99. The van der Waals surface area contributed by atoms with Crippen LogP contribution in [0.2, 0.25) is 0 Å². The zero-order valence-corrected chi connectivity index (χ0v) is 66.3. The fraction of sp³-hybridized carbons (Fsp3) is 0.560. The van der Waals surface area contributed by atoms with Crippen LogP contribution in [0.1, 0.15) is 150 Å². The number of guanidine groups is 1. The maximum absolute atomic E-state index is 14.6. The molecule has 0 spiro atoms. The van der Waals surface area contributed by atoms with Crippen molar-refractivity contribution in [1.82, 2.24) is 84.7 Å². The summed E-state index contributed by atoms with van der Waals surface area (Å²) in [6.07, 6.45) is -1.08. The summed E-state index contributed by atoms with van der Waals surface area (Å²) in [6, 6.07) is -1.37. The van der Waals surface area contributed by atoms with Crippen molar-refractivity contribution in [2.45, 2.75) is 225 Å². The first-order valence-corrected chi connectivity index (χ1v) is 38.1. The van der Waals surface area contributed by atoms with Crippen LogP contribution in [-0.4, -0.2) is 209 Å². The zero-order valence-electron chi connectivity index (χ0n) is 66.3. The van der Waals surface area contributed by atoms with Crippen LogP contribution in [0.3, 0.4) is 0 Å². The SMILES string of the molecule is CC(C)C[C@H](NC(=O)[C@H](CC(C)C)NC(=O)[C@@H](Cc1ccccc1)NC(=O)CNC(=O)[C@@H](NC(=O)[C@H](C)NC(=O)[C@H](Cc1c[nH]c2ccccc12)NC(=O)[C@H](CCC(N)=O)NC(=O)[C@H](CC(N)=O)NC(=O)CNC(=O)[C@H](CC(C)C)NC(=O)[C@H](CCCNC(=N)N)NC(=O)[C@H](CCC(N)=O)NC(=O)[C@@H]1CCC(=O)N1)C(C)C)C(N)=O. The van der Waals surface area contributed by atoms with Crippen molar-refractivity contribution in [3.05, 3.63) is 71.9 Å². The van der Waals surface area contributed by atoms with Crippen molar-refractivity contribution in [2.24, 2.45) is 52.3 Å². The Balaban J connectivity index is 1.51. The third-order valence-corrected chi connectivity index (χ3v) is 18.2.